The average Bonchev–Trinajstić information content (AvgIpc) is 2.69. The van der Waals surface area contributed by atoms with Crippen molar-refractivity contribution in [3.8, 4) is 5.75 Å². The lowest BCUT2D eigenvalue weighted by atomic mass is 10.2. The standard InChI is InChI=1S/C21H20N2O6S2/c1-15-7-11-17(12-8-15)30(25,26)23-21(24)22-19-5-3-4-6-20(19)29-31(27,28)18-13-9-16(2)10-14-18/h3-14H,1-2H3,(H2,22,23,24). The molecule has 0 saturated heterocycles. The van der Waals surface area contributed by atoms with E-state index in [0.717, 1.165) is 11.1 Å². The Balaban J connectivity index is 1.78. The van der Waals surface area contributed by atoms with E-state index in [1.54, 1.807) is 31.2 Å². The van der Waals surface area contributed by atoms with Crippen molar-refractivity contribution >= 4 is 31.9 Å². The van der Waals surface area contributed by atoms with Crippen LogP contribution in [-0.2, 0) is 20.1 Å². The van der Waals surface area contributed by atoms with Crippen LogP contribution in [-0.4, -0.2) is 22.9 Å². The Labute approximate surface area is 181 Å². The molecular formula is C21H20N2O6S2. The van der Waals surface area contributed by atoms with Gasteiger partial charge in [0, 0.05) is 0 Å². The summed E-state index contributed by atoms with van der Waals surface area (Å²) in [6.07, 6.45) is 0. The lowest BCUT2D eigenvalue weighted by molar-refractivity contribution is 0.256. The van der Waals surface area contributed by atoms with Crippen LogP contribution in [0.25, 0.3) is 0 Å². The molecule has 31 heavy (non-hydrogen) atoms. The van der Waals surface area contributed by atoms with E-state index in [4.69, 9.17) is 4.18 Å². The summed E-state index contributed by atoms with van der Waals surface area (Å²) in [7, 11) is -8.27. The highest BCUT2D eigenvalue weighted by Crippen LogP contribution is 2.27. The smallest absolute Gasteiger partial charge is 0.339 e. The number of hydrogen-bond donors (Lipinski definition) is 2. The van der Waals surface area contributed by atoms with Gasteiger partial charge in [-0.15, -0.1) is 0 Å². The highest BCUT2D eigenvalue weighted by Gasteiger charge is 2.21. The molecule has 0 aliphatic rings. The lowest BCUT2D eigenvalue weighted by Gasteiger charge is -2.13. The zero-order valence-corrected chi connectivity index (χ0v) is 18.3. The van der Waals surface area contributed by atoms with Crippen LogP contribution < -0.4 is 14.2 Å². The van der Waals surface area contributed by atoms with Crippen molar-refractivity contribution in [2.45, 2.75) is 23.6 Å². The van der Waals surface area contributed by atoms with E-state index in [2.05, 4.69) is 5.32 Å². The third-order valence-electron chi connectivity index (χ3n) is 4.20. The minimum atomic E-state index is -4.16. The molecule has 0 radical (unpaired) electrons. The number of nitrogens with one attached hydrogen (secondary N) is 2. The molecule has 3 rings (SSSR count). The van der Waals surface area contributed by atoms with Crippen molar-refractivity contribution in [3.05, 3.63) is 83.9 Å². The van der Waals surface area contributed by atoms with Gasteiger partial charge in [-0.05, 0) is 50.2 Å². The maximum absolute atomic E-state index is 12.5. The number of aryl methyl sites for hydroxylation is 2. The molecule has 2 amide bonds. The molecule has 0 bridgehead atoms. The maximum atomic E-state index is 12.5. The van der Waals surface area contributed by atoms with Crippen LogP contribution in [0.2, 0.25) is 0 Å². The second-order valence-corrected chi connectivity index (χ2v) is 9.95. The monoisotopic (exact) mass is 460 g/mol. The predicted octanol–water partition coefficient (Wildman–Crippen LogP) is 3.58. The Morgan fingerprint density at radius 3 is 1.84 bits per heavy atom. The van der Waals surface area contributed by atoms with Gasteiger partial charge in [0.1, 0.15) is 4.90 Å². The Hall–Kier alpha value is -3.37. The SMILES string of the molecule is Cc1ccc(S(=O)(=O)NC(=O)Nc2ccccc2OS(=O)(=O)c2ccc(C)cc2)cc1. The van der Waals surface area contributed by atoms with Gasteiger partial charge in [-0.3, -0.25) is 0 Å². The largest absolute Gasteiger partial charge is 0.377 e. The molecule has 0 saturated carbocycles. The zero-order chi connectivity index (χ0) is 22.6. The quantitative estimate of drug-likeness (QED) is 0.543. The number of carbonyl (C=O) groups excluding carboxylic acids is 1. The summed E-state index contributed by atoms with van der Waals surface area (Å²) in [5.74, 6) is -0.161. The van der Waals surface area contributed by atoms with Crippen molar-refractivity contribution in [1.82, 2.24) is 4.72 Å². The normalized spacial score (nSPS) is 11.5. The van der Waals surface area contributed by atoms with Crippen LogP contribution >= 0.6 is 0 Å². The summed E-state index contributed by atoms with van der Waals surface area (Å²) >= 11 is 0. The summed E-state index contributed by atoms with van der Waals surface area (Å²) in [6, 6.07) is 16.7. The fraction of sp³-hybridized carbons (Fsp3) is 0.0952. The van der Waals surface area contributed by atoms with E-state index >= 15 is 0 Å². The van der Waals surface area contributed by atoms with Crippen LogP contribution in [0.3, 0.4) is 0 Å². The molecule has 0 spiro atoms. The third kappa shape index (κ3) is 5.62. The second-order valence-electron chi connectivity index (χ2n) is 6.72. The number of benzene rings is 3. The van der Waals surface area contributed by atoms with E-state index in [-0.39, 0.29) is 21.2 Å². The first-order valence-corrected chi connectivity index (χ1v) is 12.0. The summed E-state index contributed by atoms with van der Waals surface area (Å²) < 4.78 is 56.9. The molecule has 0 unspecified atom stereocenters. The van der Waals surface area contributed by atoms with Gasteiger partial charge in [0.2, 0.25) is 0 Å². The Bertz CT molecular complexity index is 1300. The van der Waals surface area contributed by atoms with Gasteiger partial charge in [-0.25, -0.2) is 17.9 Å². The first-order chi connectivity index (χ1) is 14.6. The van der Waals surface area contributed by atoms with Crippen LogP contribution in [0.15, 0.2) is 82.6 Å². The maximum Gasteiger partial charge on any atom is 0.339 e. The van der Waals surface area contributed by atoms with E-state index in [1.165, 1.54) is 48.5 Å². The first-order valence-electron chi connectivity index (χ1n) is 9.07. The number of carbonyl (C=O) groups is 1. The Morgan fingerprint density at radius 1 is 0.742 bits per heavy atom. The average molecular weight is 461 g/mol. The molecule has 0 fully saturated rings. The molecular weight excluding hydrogens is 440 g/mol. The highest BCUT2D eigenvalue weighted by molar-refractivity contribution is 7.90. The summed E-state index contributed by atoms with van der Waals surface area (Å²) in [5.41, 5.74) is 1.73. The molecule has 162 valence electrons. The minimum Gasteiger partial charge on any atom is -0.377 e. The zero-order valence-electron chi connectivity index (χ0n) is 16.7. The number of urea groups is 1. The fourth-order valence-corrected chi connectivity index (χ4v) is 4.41. The summed E-state index contributed by atoms with van der Waals surface area (Å²) in [5, 5.41) is 2.31. The topological polar surface area (TPSA) is 119 Å². The molecule has 8 nitrogen and oxygen atoms in total. The van der Waals surface area contributed by atoms with Gasteiger partial charge in [0.25, 0.3) is 10.0 Å². The molecule has 0 aliphatic carbocycles. The van der Waals surface area contributed by atoms with E-state index in [1.807, 2.05) is 11.6 Å². The van der Waals surface area contributed by atoms with Crippen molar-refractivity contribution in [2.75, 3.05) is 5.32 Å². The van der Waals surface area contributed by atoms with Crippen LogP contribution in [0, 0.1) is 13.8 Å². The predicted molar refractivity (Wildman–Crippen MR) is 116 cm³/mol. The molecule has 2 N–H and O–H groups in total. The van der Waals surface area contributed by atoms with Crippen molar-refractivity contribution in [2.24, 2.45) is 0 Å². The van der Waals surface area contributed by atoms with Gasteiger partial charge in [-0.1, -0.05) is 47.5 Å². The molecule has 0 aromatic heterocycles. The molecule has 0 atom stereocenters. The van der Waals surface area contributed by atoms with E-state index in [9.17, 15) is 21.6 Å². The second kappa shape index (κ2) is 8.78. The molecule has 10 heteroatoms. The van der Waals surface area contributed by atoms with Crippen molar-refractivity contribution < 1.29 is 25.8 Å². The number of anilines is 1. The summed E-state index contributed by atoms with van der Waals surface area (Å²) in [4.78, 5) is 12.1. The fourth-order valence-electron chi connectivity index (χ4n) is 2.56. The van der Waals surface area contributed by atoms with Crippen molar-refractivity contribution in [3.63, 3.8) is 0 Å². The van der Waals surface area contributed by atoms with Gasteiger partial charge in [0.15, 0.2) is 5.75 Å². The van der Waals surface area contributed by atoms with Gasteiger partial charge in [-0.2, -0.15) is 8.42 Å². The number of hydrogen-bond acceptors (Lipinski definition) is 6. The molecule has 3 aromatic rings. The van der Waals surface area contributed by atoms with Gasteiger partial charge in [0.05, 0.1) is 10.6 Å². The third-order valence-corrected chi connectivity index (χ3v) is 6.80. The lowest BCUT2D eigenvalue weighted by Crippen LogP contribution is -2.34. The van der Waals surface area contributed by atoms with Gasteiger partial charge < -0.3 is 9.50 Å². The number of para-hydroxylation sites is 2. The number of rotatable bonds is 6. The number of sulfonamides is 1. The molecule has 0 heterocycles. The van der Waals surface area contributed by atoms with Gasteiger partial charge >= 0.3 is 16.1 Å². The van der Waals surface area contributed by atoms with Crippen molar-refractivity contribution in [1.29, 1.82) is 0 Å². The first kappa shape index (κ1) is 22.3. The Morgan fingerprint density at radius 2 is 1.26 bits per heavy atom. The molecule has 3 aromatic carbocycles. The van der Waals surface area contributed by atoms with Crippen LogP contribution in [0.4, 0.5) is 10.5 Å². The van der Waals surface area contributed by atoms with Crippen LogP contribution in [0.5, 0.6) is 5.75 Å². The van der Waals surface area contributed by atoms with E-state index < -0.39 is 26.2 Å². The highest BCUT2D eigenvalue weighted by atomic mass is 32.2. The van der Waals surface area contributed by atoms with Crippen LogP contribution in [0.1, 0.15) is 11.1 Å². The number of amides is 2. The van der Waals surface area contributed by atoms with E-state index in [0.29, 0.717) is 0 Å². The minimum absolute atomic E-state index is 0.0187. The molecule has 0 aliphatic heterocycles. The Kier molecular flexibility index (Phi) is 6.32. The summed E-state index contributed by atoms with van der Waals surface area (Å²) in [6.45, 7) is 3.62.